The highest BCUT2D eigenvalue weighted by Gasteiger charge is 2.12. The number of hydrogen-bond acceptors (Lipinski definition) is 1. The molecule has 2 heteroatoms. The van der Waals surface area contributed by atoms with Crippen LogP contribution in [0.25, 0.3) is 0 Å². The molecule has 0 unspecified atom stereocenters. The highest BCUT2D eigenvalue weighted by Crippen LogP contribution is 2.07. The second kappa shape index (κ2) is 10.6. The van der Waals surface area contributed by atoms with E-state index in [4.69, 9.17) is 4.43 Å². The Morgan fingerprint density at radius 3 is 2.41 bits per heavy atom. The summed E-state index contributed by atoms with van der Waals surface area (Å²) in [5, 5.41) is 0. The van der Waals surface area contributed by atoms with Gasteiger partial charge in [0.2, 0.25) is 0 Å². The van der Waals surface area contributed by atoms with Crippen LogP contribution < -0.4 is 0 Å². The Hall–Kier alpha value is -0.523. The topological polar surface area (TPSA) is 9.23 Å². The lowest BCUT2D eigenvalue weighted by molar-refractivity contribution is 0.298. The summed E-state index contributed by atoms with van der Waals surface area (Å²) in [6.45, 7) is 9.76. The Bertz CT molecular complexity index is 252. The average molecular weight is 252 g/mol. The normalized spacial score (nSPS) is 11.5. The lowest BCUT2D eigenvalue weighted by Crippen LogP contribution is -2.25. The van der Waals surface area contributed by atoms with Crippen LogP contribution in [0.15, 0.2) is 12.2 Å². The van der Waals surface area contributed by atoms with E-state index in [2.05, 4.69) is 44.5 Å². The molecule has 0 aromatic carbocycles. The first kappa shape index (κ1) is 16.5. The predicted molar refractivity (Wildman–Crippen MR) is 79.6 cm³/mol. The van der Waals surface area contributed by atoms with Crippen molar-refractivity contribution in [3.63, 3.8) is 0 Å². The Labute approximate surface area is 109 Å². The number of unbranched alkanes of at least 4 members (excludes halogenated alkanes) is 4. The second-order valence-electron chi connectivity index (χ2n) is 5.24. The fourth-order valence-electron chi connectivity index (χ4n) is 1.40. The molecule has 0 aliphatic carbocycles. The smallest absolute Gasteiger partial charge is 0.183 e. The summed E-state index contributed by atoms with van der Waals surface area (Å²) in [5.74, 6) is 6.05. The Morgan fingerprint density at radius 1 is 1.06 bits per heavy atom. The van der Waals surface area contributed by atoms with Crippen LogP contribution in [-0.2, 0) is 4.43 Å². The molecule has 0 fully saturated rings. The van der Waals surface area contributed by atoms with Gasteiger partial charge < -0.3 is 4.43 Å². The molecule has 98 valence electrons. The maximum absolute atomic E-state index is 5.81. The van der Waals surface area contributed by atoms with Crippen molar-refractivity contribution in [2.24, 2.45) is 0 Å². The SMILES string of the molecule is CCC#CC=CCCCCCCO[Si](C)(C)C. The summed E-state index contributed by atoms with van der Waals surface area (Å²) in [4.78, 5) is 0. The fourth-order valence-corrected chi connectivity index (χ4v) is 2.16. The molecule has 0 saturated carbocycles. The quantitative estimate of drug-likeness (QED) is 0.344. The Balaban J connectivity index is 3.22. The van der Waals surface area contributed by atoms with E-state index in [-0.39, 0.29) is 0 Å². The van der Waals surface area contributed by atoms with Gasteiger partial charge >= 0.3 is 0 Å². The van der Waals surface area contributed by atoms with Gasteiger partial charge in [-0.05, 0) is 45.0 Å². The van der Waals surface area contributed by atoms with Crippen molar-refractivity contribution in [3.05, 3.63) is 12.2 Å². The Morgan fingerprint density at radius 2 is 1.76 bits per heavy atom. The van der Waals surface area contributed by atoms with Gasteiger partial charge in [0.25, 0.3) is 0 Å². The van der Waals surface area contributed by atoms with Crippen LogP contribution in [-0.4, -0.2) is 14.9 Å². The van der Waals surface area contributed by atoms with Gasteiger partial charge in [-0.25, -0.2) is 0 Å². The molecule has 0 heterocycles. The van der Waals surface area contributed by atoms with E-state index in [1.807, 2.05) is 6.08 Å². The van der Waals surface area contributed by atoms with E-state index >= 15 is 0 Å². The zero-order chi connectivity index (χ0) is 13.0. The number of allylic oxidation sites excluding steroid dienone is 2. The van der Waals surface area contributed by atoms with E-state index in [0.717, 1.165) is 19.4 Å². The van der Waals surface area contributed by atoms with Gasteiger partial charge in [-0.3, -0.25) is 0 Å². The summed E-state index contributed by atoms with van der Waals surface area (Å²) in [7, 11) is -1.28. The zero-order valence-corrected chi connectivity index (χ0v) is 13.0. The highest BCUT2D eigenvalue weighted by molar-refractivity contribution is 6.69. The third-order valence-corrected chi connectivity index (χ3v) is 3.35. The summed E-state index contributed by atoms with van der Waals surface area (Å²) in [6, 6.07) is 0. The summed E-state index contributed by atoms with van der Waals surface area (Å²) in [5.41, 5.74) is 0. The minimum absolute atomic E-state index is 0.946. The van der Waals surface area contributed by atoms with Gasteiger partial charge in [0, 0.05) is 13.0 Å². The first-order chi connectivity index (χ1) is 8.06. The number of hydrogen-bond donors (Lipinski definition) is 0. The van der Waals surface area contributed by atoms with Crippen LogP contribution in [0.4, 0.5) is 0 Å². The van der Waals surface area contributed by atoms with Gasteiger partial charge in [0.15, 0.2) is 8.32 Å². The molecule has 0 radical (unpaired) electrons. The summed E-state index contributed by atoms with van der Waals surface area (Å²) in [6.07, 6.45) is 11.4. The molecule has 0 amide bonds. The van der Waals surface area contributed by atoms with Crippen molar-refractivity contribution in [2.75, 3.05) is 6.61 Å². The van der Waals surface area contributed by atoms with Crippen LogP contribution in [0.1, 0.15) is 45.4 Å². The molecular formula is C15H28OSi. The van der Waals surface area contributed by atoms with Crippen molar-refractivity contribution in [2.45, 2.75) is 65.1 Å². The van der Waals surface area contributed by atoms with Gasteiger partial charge in [-0.15, -0.1) is 0 Å². The van der Waals surface area contributed by atoms with Crippen LogP contribution in [0, 0.1) is 11.8 Å². The lowest BCUT2D eigenvalue weighted by atomic mass is 10.1. The molecule has 0 rings (SSSR count). The third kappa shape index (κ3) is 15.5. The van der Waals surface area contributed by atoms with E-state index in [1.165, 1.54) is 25.7 Å². The second-order valence-corrected chi connectivity index (χ2v) is 9.75. The number of rotatable bonds is 8. The van der Waals surface area contributed by atoms with Crippen LogP contribution in [0.3, 0.4) is 0 Å². The molecule has 17 heavy (non-hydrogen) atoms. The molecular weight excluding hydrogens is 224 g/mol. The molecule has 0 bridgehead atoms. The van der Waals surface area contributed by atoms with Gasteiger partial charge in [0.1, 0.15) is 0 Å². The largest absolute Gasteiger partial charge is 0.418 e. The third-order valence-electron chi connectivity index (χ3n) is 2.28. The lowest BCUT2D eigenvalue weighted by Gasteiger charge is -2.16. The predicted octanol–water partition coefficient (Wildman–Crippen LogP) is 4.76. The van der Waals surface area contributed by atoms with Gasteiger partial charge in [-0.2, -0.15) is 0 Å². The van der Waals surface area contributed by atoms with Crippen molar-refractivity contribution in [1.29, 1.82) is 0 Å². The van der Waals surface area contributed by atoms with E-state index in [9.17, 15) is 0 Å². The molecule has 0 atom stereocenters. The standard InChI is InChI=1S/C15H28OSi/c1-5-6-7-8-9-10-11-12-13-14-15-16-17(2,3)4/h8-9H,5,10-15H2,1-4H3. The maximum Gasteiger partial charge on any atom is 0.183 e. The first-order valence-electron chi connectivity index (χ1n) is 6.83. The Kier molecular flexibility index (Phi) is 10.3. The van der Waals surface area contributed by atoms with Crippen molar-refractivity contribution in [3.8, 4) is 11.8 Å². The monoisotopic (exact) mass is 252 g/mol. The molecule has 0 aliphatic heterocycles. The molecule has 0 spiro atoms. The van der Waals surface area contributed by atoms with Crippen molar-refractivity contribution in [1.82, 2.24) is 0 Å². The van der Waals surface area contributed by atoms with Crippen LogP contribution >= 0.6 is 0 Å². The highest BCUT2D eigenvalue weighted by atomic mass is 28.4. The summed E-state index contributed by atoms with van der Waals surface area (Å²) >= 11 is 0. The molecule has 0 aromatic heterocycles. The molecule has 0 aromatic rings. The van der Waals surface area contributed by atoms with Crippen molar-refractivity contribution >= 4 is 8.32 Å². The fraction of sp³-hybridized carbons (Fsp3) is 0.733. The minimum Gasteiger partial charge on any atom is -0.418 e. The summed E-state index contributed by atoms with van der Waals surface area (Å²) < 4.78 is 5.81. The van der Waals surface area contributed by atoms with Crippen LogP contribution in [0.5, 0.6) is 0 Å². The zero-order valence-electron chi connectivity index (χ0n) is 12.0. The van der Waals surface area contributed by atoms with Gasteiger partial charge in [-0.1, -0.05) is 37.7 Å². The van der Waals surface area contributed by atoms with E-state index < -0.39 is 8.32 Å². The molecule has 0 N–H and O–H groups in total. The molecule has 1 nitrogen and oxygen atoms in total. The van der Waals surface area contributed by atoms with Gasteiger partial charge in [0.05, 0.1) is 0 Å². The molecule has 0 saturated heterocycles. The first-order valence-corrected chi connectivity index (χ1v) is 10.2. The van der Waals surface area contributed by atoms with Crippen LogP contribution in [0.2, 0.25) is 19.6 Å². The molecule has 0 aliphatic rings. The van der Waals surface area contributed by atoms with E-state index in [1.54, 1.807) is 0 Å². The van der Waals surface area contributed by atoms with E-state index in [0.29, 0.717) is 0 Å². The minimum atomic E-state index is -1.28. The maximum atomic E-state index is 5.81. The van der Waals surface area contributed by atoms with Crippen molar-refractivity contribution < 1.29 is 4.43 Å². The average Bonchev–Trinajstić information content (AvgIpc) is 2.24.